The van der Waals surface area contributed by atoms with E-state index in [1.165, 1.54) is 6.42 Å². The summed E-state index contributed by atoms with van der Waals surface area (Å²) in [5.41, 5.74) is 1.94. The molecule has 22 heavy (non-hydrogen) atoms. The average Bonchev–Trinajstić information content (AvgIpc) is 2.92. The molecule has 0 spiro atoms. The molecule has 4 nitrogen and oxygen atoms in total. The molecule has 1 aromatic rings. The molecule has 3 atom stereocenters. The maximum Gasteiger partial charge on any atom is 0.315 e. The summed E-state index contributed by atoms with van der Waals surface area (Å²) in [6, 6.07) is 7.80. The number of aliphatic hydroxyl groups excluding tert-OH is 1. The monoisotopic (exact) mass is 322 g/mol. The van der Waals surface area contributed by atoms with Crippen LogP contribution in [0, 0.1) is 6.92 Å². The van der Waals surface area contributed by atoms with E-state index in [1.807, 2.05) is 43.0 Å². The van der Waals surface area contributed by atoms with Gasteiger partial charge in [-0.05, 0) is 37.5 Å². The molecular formula is C17H26N2O2S. The van der Waals surface area contributed by atoms with Gasteiger partial charge in [0, 0.05) is 17.8 Å². The SMILES string of the molecule is CCSC1CCC(NC(=O)NCC(O)c2cccc(C)c2)C1. The predicted molar refractivity (Wildman–Crippen MR) is 92.2 cm³/mol. The largest absolute Gasteiger partial charge is 0.387 e. The molecule has 3 unspecified atom stereocenters. The van der Waals surface area contributed by atoms with Crippen molar-refractivity contribution in [1.29, 1.82) is 0 Å². The Bertz CT molecular complexity index is 495. The minimum Gasteiger partial charge on any atom is -0.387 e. The number of nitrogens with one attached hydrogen (secondary N) is 2. The molecule has 1 aliphatic carbocycles. The van der Waals surface area contributed by atoms with Crippen LogP contribution in [0.25, 0.3) is 0 Å². The predicted octanol–water partition coefficient (Wildman–Crippen LogP) is 3.00. The van der Waals surface area contributed by atoms with Gasteiger partial charge in [-0.1, -0.05) is 36.8 Å². The minimum atomic E-state index is -0.669. The van der Waals surface area contributed by atoms with Gasteiger partial charge in [0.05, 0.1) is 6.10 Å². The summed E-state index contributed by atoms with van der Waals surface area (Å²) in [7, 11) is 0. The third-order valence-electron chi connectivity index (χ3n) is 4.00. The van der Waals surface area contributed by atoms with E-state index >= 15 is 0 Å². The fourth-order valence-corrected chi connectivity index (χ4v) is 4.02. The zero-order valence-corrected chi connectivity index (χ0v) is 14.2. The van der Waals surface area contributed by atoms with Gasteiger partial charge in [-0.15, -0.1) is 0 Å². The topological polar surface area (TPSA) is 61.4 Å². The van der Waals surface area contributed by atoms with E-state index in [1.54, 1.807) is 0 Å². The van der Waals surface area contributed by atoms with Crippen molar-refractivity contribution >= 4 is 17.8 Å². The third kappa shape index (κ3) is 5.21. The van der Waals surface area contributed by atoms with Crippen LogP contribution in [-0.2, 0) is 0 Å². The Labute approximate surface area is 137 Å². The molecule has 0 saturated heterocycles. The van der Waals surface area contributed by atoms with E-state index in [0.717, 1.165) is 29.7 Å². The molecule has 0 heterocycles. The lowest BCUT2D eigenvalue weighted by molar-refractivity contribution is 0.172. The van der Waals surface area contributed by atoms with Gasteiger partial charge in [-0.25, -0.2) is 4.79 Å². The number of aryl methyl sites for hydroxylation is 1. The molecule has 0 radical (unpaired) electrons. The maximum absolute atomic E-state index is 11.9. The molecule has 0 bridgehead atoms. The summed E-state index contributed by atoms with van der Waals surface area (Å²) < 4.78 is 0. The second-order valence-corrected chi connectivity index (χ2v) is 7.45. The highest BCUT2D eigenvalue weighted by Gasteiger charge is 2.25. The highest BCUT2D eigenvalue weighted by molar-refractivity contribution is 7.99. The number of urea groups is 1. The van der Waals surface area contributed by atoms with Crippen molar-refractivity contribution in [2.45, 2.75) is 50.5 Å². The second kappa shape index (κ2) is 8.44. The van der Waals surface area contributed by atoms with Crippen LogP contribution in [0.5, 0.6) is 0 Å². The highest BCUT2D eigenvalue weighted by Crippen LogP contribution is 2.29. The summed E-state index contributed by atoms with van der Waals surface area (Å²) >= 11 is 1.97. The smallest absolute Gasteiger partial charge is 0.315 e. The Morgan fingerprint density at radius 1 is 1.45 bits per heavy atom. The Kier molecular flexibility index (Phi) is 6.58. The van der Waals surface area contributed by atoms with Gasteiger partial charge < -0.3 is 15.7 Å². The normalized spacial score (nSPS) is 22.3. The van der Waals surface area contributed by atoms with Crippen molar-refractivity contribution < 1.29 is 9.90 Å². The molecule has 1 aromatic carbocycles. The lowest BCUT2D eigenvalue weighted by Crippen LogP contribution is -2.42. The molecule has 5 heteroatoms. The lowest BCUT2D eigenvalue weighted by atomic mass is 10.1. The quantitative estimate of drug-likeness (QED) is 0.754. The summed E-state index contributed by atoms with van der Waals surface area (Å²) in [5.74, 6) is 1.13. The molecule has 1 fully saturated rings. The van der Waals surface area contributed by atoms with Gasteiger partial charge in [-0.2, -0.15) is 11.8 Å². The van der Waals surface area contributed by atoms with Gasteiger partial charge in [0.25, 0.3) is 0 Å². The van der Waals surface area contributed by atoms with Crippen LogP contribution in [0.4, 0.5) is 4.79 Å². The first-order chi connectivity index (χ1) is 10.6. The number of carbonyl (C=O) groups is 1. The number of hydrogen-bond acceptors (Lipinski definition) is 3. The number of hydrogen-bond donors (Lipinski definition) is 3. The van der Waals surface area contributed by atoms with Gasteiger partial charge >= 0.3 is 6.03 Å². The number of carbonyl (C=O) groups excluding carboxylic acids is 1. The van der Waals surface area contributed by atoms with Crippen molar-refractivity contribution in [2.24, 2.45) is 0 Å². The standard InChI is InChI=1S/C17H26N2O2S/c1-3-22-15-8-7-14(10-15)19-17(21)18-11-16(20)13-6-4-5-12(2)9-13/h4-6,9,14-16,20H,3,7-8,10-11H2,1-2H3,(H2,18,19,21). The minimum absolute atomic E-state index is 0.182. The van der Waals surface area contributed by atoms with Gasteiger partial charge in [0.2, 0.25) is 0 Å². The van der Waals surface area contributed by atoms with Crippen molar-refractivity contribution in [1.82, 2.24) is 10.6 Å². The molecule has 3 N–H and O–H groups in total. The second-order valence-electron chi connectivity index (χ2n) is 5.87. The molecule has 0 aromatic heterocycles. The highest BCUT2D eigenvalue weighted by atomic mass is 32.2. The molecule has 2 amide bonds. The van der Waals surface area contributed by atoms with E-state index in [-0.39, 0.29) is 18.6 Å². The van der Waals surface area contributed by atoms with Gasteiger partial charge in [0.15, 0.2) is 0 Å². The molecule has 1 saturated carbocycles. The van der Waals surface area contributed by atoms with Crippen LogP contribution in [0.15, 0.2) is 24.3 Å². The Balaban J connectivity index is 1.71. The van der Waals surface area contributed by atoms with Crippen molar-refractivity contribution in [2.75, 3.05) is 12.3 Å². The fourth-order valence-electron chi connectivity index (χ4n) is 2.88. The Morgan fingerprint density at radius 2 is 2.27 bits per heavy atom. The van der Waals surface area contributed by atoms with Crippen LogP contribution >= 0.6 is 11.8 Å². The van der Waals surface area contributed by atoms with E-state index in [4.69, 9.17) is 0 Å². The van der Waals surface area contributed by atoms with Gasteiger partial charge in [0.1, 0.15) is 0 Å². The Hall–Kier alpha value is -1.20. The molecule has 122 valence electrons. The van der Waals surface area contributed by atoms with E-state index < -0.39 is 6.10 Å². The maximum atomic E-state index is 11.9. The van der Waals surface area contributed by atoms with Gasteiger partial charge in [-0.3, -0.25) is 0 Å². The van der Waals surface area contributed by atoms with Crippen molar-refractivity contribution in [3.63, 3.8) is 0 Å². The van der Waals surface area contributed by atoms with Crippen LogP contribution in [0.1, 0.15) is 43.4 Å². The first kappa shape index (κ1) is 17.2. The number of benzene rings is 1. The summed E-state index contributed by atoms with van der Waals surface area (Å²) in [4.78, 5) is 11.9. The average molecular weight is 322 g/mol. The first-order valence-corrected chi connectivity index (χ1v) is 9.04. The summed E-state index contributed by atoms with van der Waals surface area (Å²) in [6.07, 6.45) is 2.60. The van der Waals surface area contributed by atoms with Crippen LogP contribution in [0.2, 0.25) is 0 Å². The fraction of sp³-hybridized carbons (Fsp3) is 0.588. The number of aliphatic hydroxyl groups is 1. The van der Waals surface area contributed by atoms with E-state index in [9.17, 15) is 9.90 Å². The van der Waals surface area contributed by atoms with Crippen LogP contribution < -0.4 is 10.6 Å². The number of thioether (sulfide) groups is 1. The van der Waals surface area contributed by atoms with Crippen LogP contribution in [-0.4, -0.2) is 34.7 Å². The first-order valence-electron chi connectivity index (χ1n) is 7.99. The zero-order chi connectivity index (χ0) is 15.9. The van der Waals surface area contributed by atoms with Crippen molar-refractivity contribution in [3.8, 4) is 0 Å². The van der Waals surface area contributed by atoms with E-state index in [2.05, 4.69) is 17.6 Å². The Morgan fingerprint density at radius 3 is 3.00 bits per heavy atom. The molecule has 2 rings (SSSR count). The van der Waals surface area contributed by atoms with E-state index in [0.29, 0.717) is 5.25 Å². The zero-order valence-electron chi connectivity index (χ0n) is 13.3. The summed E-state index contributed by atoms with van der Waals surface area (Å²) in [6.45, 7) is 4.39. The summed E-state index contributed by atoms with van der Waals surface area (Å²) in [5, 5.41) is 16.6. The number of amides is 2. The number of rotatable bonds is 6. The molecule has 0 aliphatic heterocycles. The molecule has 1 aliphatic rings. The van der Waals surface area contributed by atoms with Crippen molar-refractivity contribution in [3.05, 3.63) is 35.4 Å². The van der Waals surface area contributed by atoms with Crippen LogP contribution in [0.3, 0.4) is 0 Å². The lowest BCUT2D eigenvalue weighted by Gasteiger charge is -2.16. The molecular weight excluding hydrogens is 296 g/mol. The third-order valence-corrected chi connectivity index (χ3v) is 5.24.